The summed E-state index contributed by atoms with van der Waals surface area (Å²) in [5.74, 6) is 0.583. The molecule has 0 aliphatic carbocycles. The van der Waals surface area contributed by atoms with E-state index >= 15 is 0 Å². The van der Waals surface area contributed by atoms with Gasteiger partial charge in [0, 0.05) is 11.3 Å². The van der Waals surface area contributed by atoms with Crippen LogP contribution in [-0.4, -0.2) is 0 Å². The lowest BCUT2D eigenvalue weighted by atomic mass is 10.1. The quantitative estimate of drug-likeness (QED) is 0.847. The highest BCUT2D eigenvalue weighted by Crippen LogP contribution is 2.34. The Morgan fingerprint density at radius 2 is 1.76 bits per heavy atom. The van der Waals surface area contributed by atoms with Gasteiger partial charge in [-0.05, 0) is 43.2 Å². The van der Waals surface area contributed by atoms with Crippen LogP contribution in [-0.2, 0) is 12.8 Å². The van der Waals surface area contributed by atoms with Crippen molar-refractivity contribution in [2.75, 3.05) is 5.73 Å². The van der Waals surface area contributed by atoms with Crippen LogP contribution in [0.4, 0.5) is 18.9 Å². The Balaban J connectivity index is 2.26. The van der Waals surface area contributed by atoms with Gasteiger partial charge in [0.15, 0.2) is 0 Å². The van der Waals surface area contributed by atoms with Crippen molar-refractivity contribution in [1.82, 2.24) is 0 Å². The molecule has 0 aliphatic heterocycles. The number of hydrogen-bond acceptors (Lipinski definition) is 2. The number of alkyl halides is 3. The Morgan fingerprint density at radius 3 is 2.43 bits per heavy atom. The largest absolute Gasteiger partial charge is 0.489 e. The van der Waals surface area contributed by atoms with Crippen molar-refractivity contribution in [3.05, 3.63) is 58.7 Å². The molecule has 2 rings (SSSR count). The van der Waals surface area contributed by atoms with Gasteiger partial charge >= 0.3 is 6.18 Å². The van der Waals surface area contributed by atoms with E-state index in [9.17, 15) is 13.2 Å². The van der Waals surface area contributed by atoms with Gasteiger partial charge in [-0.25, -0.2) is 0 Å². The number of rotatable bonds is 3. The molecule has 2 aromatic rings. The third-order valence-corrected chi connectivity index (χ3v) is 3.17. The van der Waals surface area contributed by atoms with Crippen LogP contribution in [0.15, 0.2) is 36.4 Å². The van der Waals surface area contributed by atoms with Crippen LogP contribution in [0.1, 0.15) is 22.3 Å². The highest BCUT2D eigenvalue weighted by molar-refractivity contribution is 5.46. The van der Waals surface area contributed by atoms with Crippen LogP contribution in [0.25, 0.3) is 0 Å². The first-order chi connectivity index (χ1) is 9.77. The number of benzene rings is 2. The lowest BCUT2D eigenvalue weighted by molar-refractivity contribution is -0.138. The molecule has 0 unspecified atom stereocenters. The van der Waals surface area contributed by atoms with Gasteiger partial charge < -0.3 is 10.5 Å². The molecule has 0 aromatic heterocycles. The third kappa shape index (κ3) is 3.68. The fourth-order valence-electron chi connectivity index (χ4n) is 2.00. The van der Waals surface area contributed by atoms with E-state index in [1.165, 1.54) is 12.1 Å². The number of hydrogen-bond donors (Lipinski definition) is 1. The molecule has 21 heavy (non-hydrogen) atoms. The second kappa shape index (κ2) is 5.68. The SMILES string of the molecule is Cc1ccc(C)c(OCc2ccc(N)cc2C(F)(F)F)c1. The zero-order valence-electron chi connectivity index (χ0n) is 11.8. The molecule has 2 nitrogen and oxygen atoms in total. The summed E-state index contributed by atoms with van der Waals surface area (Å²) in [6.45, 7) is 3.60. The van der Waals surface area contributed by atoms with Gasteiger partial charge in [-0.2, -0.15) is 13.2 Å². The summed E-state index contributed by atoms with van der Waals surface area (Å²) in [6, 6.07) is 9.33. The molecule has 0 amide bonds. The van der Waals surface area contributed by atoms with E-state index in [1.54, 1.807) is 6.07 Å². The van der Waals surface area contributed by atoms with E-state index in [-0.39, 0.29) is 17.9 Å². The minimum absolute atomic E-state index is 0.0672. The number of anilines is 1. The predicted molar refractivity (Wildman–Crippen MR) is 76.1 cm³/mol. The van der Waals surface area contributed by atoms with Gasteiger partial charge in [0.05, 0.1) is 5.56 Å². The minimum Gasteiger partial charge on any atom is -0.489 e. The van der Waals surface area contributed by atoms with Crippen molar-refractivity contribution in [2.45, 2.75) is 26.6 Å². The molecule has 0 saturated heterocycles. The van der Waals surface area contributed by atoms with Crippen molar-refractivity contribution >= 4 is 5.69 Å². The normalized spacial score (nSPS) is 11.5. The molecule has 2 N–H and O–H groups in total. The zero-order valence-corrected chi connectivity index (χ0v) is 11.8. The molecule has 0 fully saturated rings. The molecule has 2 aromatic carbocycles. The van der Waals surface area contributed by atoms with Crippen molar-refractivity contribution in [1.29, 1.82) is 0 Å². The van der Waals surface area contributed by atoms with Gasteiger partial charge in [0.25, 0.3) is 0 Å². The Morgan fingerprint density at radius 1 is 1.05 bits per heavy atom. The monoisotopic (exact) mass is 295 g/mol. The Bertz CT molecular complexity index is 650. The van der Waals surface area contributed by atoms with Crippen molar-refractivity contribution in [3.8, 4) is 5.75 Å². The molecule has 0 spiro atoms. The highest BCUT2D eigenvalue weighted by atomic mass is 19.4. The zero-order chi connectivity index (χ0) is 15.6. The van der Waals surface area contributed by atoms with E-state index in [2.05, 4.69) is 0 Å². The van der Waals surface area contributed by atoms with Crippen LogP contribution >= 0.6 is 0 Å². The molecule has 112 valence electrons. The maximum Gasteiger partial charge on any atom is 0.416 e. The van der Waals surface area contributed by atoms with Gasteiger partial charge in [-0.3, -0.25) is 0 Å². The maximum absolute atomic E-state index is 13.0. The molecule has 0 heterocycles. The van der Waals surface area contributed by atoms with Crippen LogP contribution in [0.5, 0.6) is 5.75 Å². The second-order valence-corrected chi connectivity index (χ2v) is 4.97. The topological polar surface area (TPSA) is 35.2 Å². The minimum atomic E-state index is -4.45. The number of aryl methyl sites for hydroxylation is 2. The summed E-state index contributed by atoms with van der Waals surface area (Å²) in [5.41, 5.74) is 6.70. The first-order valence-corrected chi connectivity index (χ1v) is 6.43. The number of ether oxygens (including phenoxy) is 1. The van der Waals surface area contributed by atoms with Crippen LogP contribution in [0.3, 0.4) is 0 Å². The smallest absolute Gasteiger partial charge is 0.416 e. The average molecular weight is 295 g/mol. The molecule has 0 saturated carbocycles. The van der Waals surface area contributed by atoms with Gasteiger partial charge in [-0.15, -0.1) is 0 Å². The fraction of sp³-hybridized carbons (Fsp3) is 0.250. The average Bonchev–Trinajstić information content (AvgIpc) is 2.40. The number of nitrogens with two attached hydrogens (primary N) is 1. The maximum atomic E-state index is 13.0. The van der Waals surface area contributed by atoms with E-state index < -0.39 is 11.7 Å². The first kappa shape index (κ1) is 15.2. The van der Waals surface area contributed by atoms with E-state index in [0.717, 1.165) is 17.2 Å². The molecule has 0 bridgehead atoms. The van der Waals surface area contributed by atoms with Gasteiger partial charge in [0.2, 0.25) is 0 Å². The van der Waals surface area contributed by atoms with Crippen LogP contribution in [0, 0.1) is 13.8 Å². The summed E-state index contributed by atoms with van der Waals surface area (Å²) in [6.07, 6.45) is -4.45. The lowest BCUT2D eigenvalue weighted by Crippen LogP contribution is -2.12. The van der Waals surface area contributed by atoms with E-state index in [4.69, 9.17) is 10.5 Å². The summed E-state index contributed by atoms with van der Waals surface area (Å²) in [7, 11) is 0. The molecule has 0 aliphatic rings. The molecule has 5 heteroatoms. The predicted octanol–water partition coefficient (Wildman–Crippen LogP) is 4.48. The summed E-state index contributed by atoms with van der Waals surface area (Å²) < 4.78 is 44.5. The number of nitrogen functional groups attached to an aromatic ring is 1. The Hall–Kier alpha value is -2.17. The van der Waals surface area contributed by atoms with Crippen LogP contribution in [0.2, 0.25) is 0 Å². The lowest BCUT2D eigenvalue weighted by Gasteiger charge is -2.15. The van der Waals surface area contributed by atoms with Crippen LogP contribution < -0.4 is 10.5 Å². The van der Waals surface area contributed by atoms with Gasteiger partial charge in [0.1, 0.15) is 12.4 Å². The molecule has 0 atom stereocenters. The van der Waals surface area contributed by atoms with Gasteiger partial charge in [-0.1, -0.05) is 18.2 Å². The summed E-state index contributed by atoms with van der Waals surface area (Å²) >= 11 is 0. The Labute approximate surface area is 121 Å². The van der Waals surface area contributed by atoms with Crippen molar-refractivity contribution < 1.29 is 17.9 Å². The second-order valence-electron chi connectivity index (χ2n) is 4.97. The molecule has 0 radical (unpaired) electrons. The van der Waals surface area contributed by atoms with E-state index in [1.807, 2.05) is 26.0 Å². The molecular formula is C16H16F3NO. The Kier molecular flexibility index (Phi) is 4.11. The molecular weight excluding hydrogens is 279 g/mol. The summed E-state index contributed by atoms with van der Waals surface area (Å²) in [4.78, 5) is 0. The first-order valence-electron chi connectivity index (χ1n) is 6.43. The third-order valence-electron chi connectivity index (χ3n) is 3.17. The van der Waals surface area contributed by atoms with E-state index in [0.29, 0.717) is 5.75 Å². The summed E-state index contributed by atoms with van der Waals surface area (Å²) in [5, 5.41) is 0. The standard InChI is InChI=1S/C16H16F3NO/c1-10-3-4-11(2)15(7-10)21-9-12-5-6-13(20)8-14(12)16(17,18)19/h3-8H,9,20H2,1-2H3. The fourth-order valence-corrected chi connectivity index (χ4v) is 2.00. The highest BCUT2D eigenvalue weighted by Gasteiger charge is 2.33. The van der Waals surface area contributed by atoms with Crippen molar-refractivity contribution in [3.63, 3.8) is 0 Å². The number of halogens is 3. The van der Waals surface area contributed by atoms with Crippen molar-refractivity contribution in [2.24, 2.45) is 0 Å².